The van der Waals surface area contributed by atoms with E-state index in [2.05, 4.69) is 15.3 Å². The molecule has 2 rings (SSSR count). The van der Waals surface area contributed by atoms with Gasteiger partial charge in [-0.15, -0.1) is 0 Å². The van der Waals surface area contributed by atoms with Crippen molar-refractivity contribution in [1.29, 1.82) is 0 Å². The van der Waals surface area contributed by atoms with E-state index < -0.39 is 0 Å². The molecule has 0 atom stereocenters. The number of H-pyrrole nitrogens is 1. The topological polar surface area (TPSA) is 57.8 Å². The van der Waals surface area contributed by atoms with Crippen LogP contribution < -0.4 is 5.32 Å². The highest BCUT2D eigenvalue weighted by Crippen LogP contribution is 2.02. The van der Waals surface area contributed by atoms with Crippen molar-refractivity contribution < 1.29 is 9.18 Å². The predicted molar refractivity (Wildman–Crippen MR) is 61.0 cm³/mol. The van der Waals surface area contributed by atoms with E-state index in [-0.39, 0.29) is 11.7 Å². The first-order valence-corrected chi connectivity index (χ1v) is 5.28. The summed E-state index contributed by atoms with van der Waals surface area (Å²) in [5, 5.41) is 2.72. The Bertz CT molecular complexity index is 479. The number of hydrogen-bond donors (Lipinski definition) is 2. The van der Waals surface area contributed by atoms with Gasteiger partial charge in [0, 0.05) is 18.9 Å². The van der Waals surface area contributed by atoms with Crippen LogP contribution in [0.5, 0.6) is 0 Å². The molecule has 0 saturated carbocycles. The molecule has 4 nitrogen and oxygen atoms in total. The fraction of sp³-hybridized carbons (Fsp3) is 0.167. The lowest BCUT2D eigenvalue weighted by atomic mass is 10.1. The van der Waals surface area contributed by atoms with Gasteiger partial charge in [0.2, 0.25) is 0 Å². The molecular formula is C12H12FN3O. The third kappa shape index (κ3) is 3.14. The number of benzene rings is 1. The molecule has 0 aliphatic heterocycles. The molecule has 2 aromatic rings. The number of rotatable bonds is 4. The largest absolute Gasteiger partial charge is 0.349 e. The molecule has 0 aliphatic carbocycles. The molecule has 0 spiro atoms. The molecule has 88 valence electrons. The minimum atomic E-state index is -0.256. The summed E-state index contributed by atoms with van der Waals surface area (Å²) in [6.07, 6.45) is 3.77. The molecule has 2 N–H and O–H groups in total. The molecule has 0 radical (unpaired) electrons. The number of carbonyl (C=O) groups is 1. The Kier molecular flexibility index (Phi) is 3.49. The predicted octanol–water partition coefficient (Wildman–Crippen LogP) is 1.52. The quantitative estimate of drug-likeness (QED) is 0.841. The van der Waals surface area contributed by atoms with Gasteiger partial charge in [0.15, 0.2) is 5.82 Å². The van der Waals surface area contributed by atoms with Crippen LogP contribution in [-0.4, -0.2) is 22.4 Å². The van der Waals surface area contributed by atoms with Crippen LogP contribution in [0, 0.1) is 5.82 Å². The summed E-state index contributed by atoms with van der Waals surface area (Å²) < 4.78 is 12.6. The van der Waals surface area contributed by atoms with Gasteiger partial charge in [0.05, 0.1) is 0 Å². The fourth-order valence-corrected chi connectivity index (χ4v) is 1.44. The van der Waals surface area contributed by atoms with E-state index >= 15 is 0 Å². The van der Waals surface area contributed by atoms with Gasteiger partial charge >= 0.3 is 0 Å². The smallest absolute Gasteiger partial charge is 0.287 e. The molecule has 0 aliphatic rings. The zero-order valence-corrected chi connectivity index (χ0v) is 9.11. The molecule has 17 heavy (non-hydrogen) atoms. The van der Waals surface area contributed by atoms with Gasteiger partial charge in [0.1, 0.15) is 5.82 Å². The van der Waals surface area contributed by atoms with Gasteiger partial charge in [-0.2, -0.15) is 0 Å². The minimum absolute atomic E-state index is 0.239. The van der Waals surface area contributed by atoms with Crippen LogP contribution in [0.3, 0.4) is 0 Å². The lowest BCUT2D eigenvalue weighted by Crippen LogP contribution is -2.26. The van der Waals surface area contributed by atoms with Crippen molar-refractivity contribution in [2.45, 2.75) is 6.42 Å². The summed E-state index contributed by atoms with van der Waals surface area (Å²) in [4.78, 5) is 18.0. The maximum atomic E-state index is 12.6. The second-order valence-electron chi connectivity index (χ2n) is 3.57. The molecule has 1 aromatic carbocycles. The number of nitrogens with one attached hydrogen (secondary N) is 2. The highest BCUT2D eigenvalue weighted by molar-refractivity contribution is 5.90. The normalized spacial score (nSPS) is 10.2. The standard InChI is InChI=1S/C12H12FN3O/c13-10-3-1-9(2-4-10)5-6-16-12(17)11-14-7-8-15-11/h1-4,7-8H,5-6H2,(H,14,15)(H,16,17). The van der Waals surface area contributed by atoms with Gasteiger partial charge < -0.3 is 10.3 Å². The summed E-state index contributed by atoms with van der Waals surface area (Å²) in [6.45, 7) is 0.491. The van der Waals surface area contributed by atoms with Crippen molar-refractivity contribution in [3.63, 3.8) is 0 Å². The highest BCUT2D eigenvalue weighted by Gasteiger charge is 2.06. The third-order valence-corrected chi connectivity index (χ3v) is 2.33. The van der Waals surface area contributed by atoms with E-state index in [1.807, 2.05) is 0 Å². The van der Waals surface area contributed by atoms with E-state index in [1.165, 1.54) is 18.3 Å². The lowest BCUT2D eigenvalue weighted by molar-refractivity contribution is 0.0944. The SMILES string of the molecule is O=C(NCCc1ccc(F)cc1)c1ncc[nH]1. The Balaban J connectivity index is 1.80. The second-order valence-corrected chi connectivity index (χ2v) is 3.57. The van der Waals surface area contributed by atoms with Crippen LogP contribution in [0.25, 0.3) is 0 Å². The molecule has 1 heterocycles. The van der Waals surface area contributed by atoms with Crippen LogP contribution in [0.1, 0.15) is 16.2 Å². The second kappa shape index (κ2) is 5.25. The van der Waals surface area contributed by atoms with Crippen LogP contribution in [0.15, 0.2) is 36.7 Å². The zero-order valence-electron chi connectivity index (χ0n) is 9.11. The molecule has 0 unspecified atom stereocenters. The zero-order chi connectivity index (χ0) is 12.1. The van der Waals surface area contributed by atoms with Gasteiger partial charge in [-0.1, -0.05) is 12.1 Å². The molecule has 0 fully saturated rings. The van der Waals surface area contributed by atoms with E-state index in [0.717, 1.165) is 5.56 Å². The first-order valence-electron chi connectivity index (χ1n) is 5.28. The first kappa shape index (κ1) is 11.3. The summed E-state index contributed by atoms with van der Waals surface area (Å²) in [5.74, 6) is -0.199. The van der Waals surface area contributed by atoms with Gasteiger partial charge in [-0.3, -0.25) is 4.79 Å². The van der Waals surface area contributed by atoms with Crippen LogP contribution in [0.2, 0.25) is 0 Å². The Morgan fingerprint density at radius 2 is 2.12 bits per heavy atom. The fourth-order valence-electron chi connectivity index (χ4n) is 1.44. The number of carbonyl (C=O) groups excluding carboxylic acids is 1. The first-order chi connectivity index (χ1) is 8.25. The van der Waals surface area contributed by atoms with Crippen LogP contribution >= 0.6 is 0 Å². The molecule has 1 aromatic heterocycles. The summed E-state index contributed by atoms with van der Waals surface area (Å²) in [6, 6.07) is 6.22. The molecule has 5 heteroatoms. The highest BCUT2D eigenvalue weighted by atomic mass is 19.1. The van der Waals surface area contributed by atoms with Gasteiger partial charge in [-0.25, -0.2) is 9.37 Å². The van der Waals surface area contributed by atoms with Gasteiger partial charge in [0.25, 0.3) is 5.91 Å². The maximum Gasteiger partial charge on any atom is 0.287 e. The van der Waals surface area contributed by atoms with Crippen LogP contribution in [-0.2, 0) is 6.42 Å². The summed E-state index contributed by atoms with van der Waals surface area (Å²) in [7, 11) is 0. The van der Waals surface area contributed by atoms with Crippen molar-refractivity contribution in [2.24, 2.45) is 0 Å². The average Bonchev–Trinajstić information content (AvgIpc) is 2.85. The number of aromatic amines is 1. The van der Waals surface area contributed by atoms with Crippen molar-refractivity contribution >= 4 is 5.91 Å². The number of nitrogens with zero attached hydrogens (tertiary/aromatic N) is 1. The maximum absolute atomic E-state index is 12.6. The summed E-state index contributed by atoms with van der Waals surface area (Å²) in [5.41, 5.74) is 0.978. The molecule has 0 bridgehead atoms. The number of amides is 1. The van der Waals surface area contributed by atoms with E-state index in [9.17, 15) is 9.18 Å². The number of aromatic nitrogens is 2. The number of imidazole rings is 1. The monoisotopic (exact) mass is 233 g/mol. The van der Waals surface area contributed by atoms with E-state index in [4.69, 9.17) is 0 Å². The number of hydrogen-bond acceptors (Lipinski definition) is 2. The number of halogens is 1. The Hall–Kier alpha value is -2.17. The molecular weight excluding hydrogens is 221 g/mol. The van der Waals surface area contributed by atoms with E-state index in [0.29, 0.717) is 18.8 Å². The molecule has 1 amide bonds. The summed E-state index contributed by atoms with van der Waals surface area (Å²) >= 11 is 0. The van der Waals surface area contributed by atoms with Crippen molar-refractivity contribution in [1.82, 2.24) is 15.3 Å². The minimum Gasteiger partial charge on any atom is -0.349 e. The third-order valence-electron chi connectivity index (χ3n) is 2.33. The Morgan fingerprint density at radius 1 is 1.35 bits per heavy atom. The van der Waals surface area contributed by atoms with Crippen molar-refractivity contribution in [3.05, 3.63) is 53.9 Å². The van der Waals surface area contributed by atoms with Crippen LogP contribution in [0.4, 0.5) is 4.39 Å². The van der Waals surface area contributed by atoms with Gasteiger partial charge in [-0.05, 0) is 24.1 Å². The lowest BCUT2D eigenvalue weighted by Gasteiger charge is -2.03. The Labute approximate surface area is 97.9 Å². The van der Waals surface area contributed by atoms with E-state index in [1.54, 1.807) is 18.3 Å². The molecule has 0 saturated heterocycles. The van der Waals surface area contributed by atoms with Crippen molar-refractivity contribution in [2.75, 3.05) is 6.54 Å². The Morgan fingerprint density at radius 3 is 2.76 bits per heavy atom. The van der Waals surface area contributed by atoms with Crippen molar-refractivity contribution in [3.8, 4) is 0 Å². The average molecular weight is 233 g/mol.